The number of rotatable bonds is 3. The van der Waals surface area contributed by atoms with Gasteiger partial charge in [-0.15, -0.1) is 0 Å². The van der Waals surface area contributed by atoms with E-state index in [-0.39, 0.29) is 13.1 Å². The van der Waals surface area contributed by atoms with Crippen LogP contribution in [0.5, 0.6) is 0 Å². The molecular formula is C16H16F2N2O2S. The largest absolute Gasteiger partial charge is 0.369 e. The van der Waals surface area contributed by atoms with E-state index < -0.39 is 26.6 Å². The van der Waals surface area contributed by atoms with Crippen molar-refractivity contribution in [3.8, 4) is 0 Å². The van der Waals surface area contributed by atoms with Gasteiger partial charge in [0.2, 0.25) is 10.0 Å². The summed E-state index contributed by atoms with van der Waals surface area (Å²) in [6.45, 7) is 1.46. The number of nitrogens with zero attached hydrogens (tertiary/aromatic N) is 2. The summed E-state index contributed by atoms with van der Waals surface area (Å²) < 4.78 is 53.3. The van der Waals surface area contributed by atoms with Gasteiger partial charge in [-0.2, -0.15) is 4.31 Å². The number of para-hydroxylation sites is 1. The van der Waals surface area contributed by atoms with Crippen LogP contribution in [-0.2, 0) is 10.0 Å². The average Bonchev–Trinajstić information content (AvgIpc) is 2.58. The topological polar surface area (TPSA) is 40.6 Å². The molecule has 1 aliphatic rings. The van der Waals surface area contributed by atoms with E-state index in [0.717, 1.165) is 23.9 Å². The second-order valence-electron chi connectivity index (χ2n) is 5.30. The first-order chi connectivity index (χ1) is 11.0. The Kier molecular flexibility index (Phi) is 4.32. The number of hydrogen-bond donors (Lipinski definition) is 0. The molecule has 0 aromatic heterocycles. The standard InChI is InChI=1S/C16H16F2N2O2S/c17-13-6-7-15(18)16(12-13)23(21,22)20-10-8-19(9-11-20)14-4-2-1-3-5-14/h1-7,12H,8-11H2. The molecule has 0 saturated carbocycles. The molecule has 122 valence electrons. The van der Waals surface area contributed by atoms with Gasteiger partial charge in [-0.05, 0) is 30.3 Å². The summed E-state index contributed by atoms with van der Waals surface area (Å²) in [7, 11) is -4.03. The zero-order chi connectivity index (χ0) is 16.4. The second-order valence-corrected chi connectivity index (χ2v) is 7.21. The molecule has 2 aromatic carbocycles. The van der Waals surface area contributed by atoms with E-state index in [9.17, 15) is 17.2 Å². The van der Waals surface area contributed by atoms with Crippen LogP contribution in [0.15, 0.2) is 53.4 Å². The molecule has 0 atom stereocenters. The first-order valence-electron chi connectivity index (χ1n) is 7.24. The summed E-state index contributed by atoms with van der Waals surface area (Å²) in [5.41, 5.74) is 1.02. The van der Waals surface area contributed by atoms with Gasteiger partial charge < -0.3 is 4.90 Å². The first-order valence-corrected chi connectivity index (χ1v) is 8.68. The molecule has 0 unspecified atom stereocenters. The summed E-state index contributed by atoms with van der Waals surface area (Å²) in [6, 6.07) is 12.1. The predicted octanol–water partition coefficient (Wildman–Crippen LogP) is 2.48. The fraction of sp³-hybridized carbons (Fsp3) is 0.250. The van der Waals surface area contributed by atoms with Gasteiger partial charge in [0, 0.05) is 31.9 Å². The zero-order valence-electron chi connectivity index (χ0n) is 12.3. The lowest BCUT2D eigenvalue weighted by Gasteiger charge is -2.35. The van der Waals surface area contributed by atoms with Crippen LogP contribution in [0.4, 0.5) is 14.5 Å². The Morgan fingerprint density at radius 3 is 2.17 bits per heavy atom. The molecule has 7 heteroatoms. The molecule has 1 aliphatic heterocycles. The van der Waals surface area contributed by atoms with E-state index in [1.165, 1.54) is 4.31 Å². The Morgan fingerprint density at radius 1 is 0.870 bits per heavy atom. The first kappa shape index (κ1) is 15.9. The summed E-state index contributed by atoms with van der Waals surface area (Å²) >= 11 is 0. The molecule has 2 aromatic rings. The van der Waals surface area contributed by atoms with Crippen LogP contribution in [0.2, 0.25) is 0 Å². The van der Waals surface area contributed by atoms with Gasteiger partial charge in [0.1, 0.15) is 16.5 Å². The number of hydrogen-bond acceptors (Lipinski definition) is 3. The van der Waals surface area contributed by atoms with Crippen molar-refractivity contribution in [1.82, 2.24) is 4.31 Å². The highest BCUT2D eigenvalue weighted by Crippen LogP contribution is 2.23. The Hall–Kier alpha value is -1.99. The van der Waals surface area contributed by atoms with Crippen LogP contribution in [0, 0.1) is 11.6 Å². The van der Waals surface area contributed by atoms with E-state index in [2.05, 4.69) is 4.90 Å². The van der Waals surface area contributed by atoms with Crippen molar-refractivity contribution in [3.05, 3.63) is 60.2 Å². The third-order valence-corrected chi connectivity index (χ3v) is 5.78. The predicted molar refractivity (Wildman–Crippen MR) is 83.8 cm³/mol. The molecule has 0 N–H and O–H groups in total. The van der Waals surface area contributed by atoms with E-state index in [1.807, 2.05) is 30.3 Å². The maximum atomic E-state index is 13.8. The second kappa shape index (κ2) is 6.25. The van der Waals surface area contributed by atoms with E-state index >= 15 is 0 Å². The maximum absolute atomic E-state index is 13.8. The highest BCUT2D eigenvalue weighted by Gasteiger charge is 2.31. The van der Waals surface area contributed by atoms with Crippen molar-refractivity contribution in [3.63, 3.8) is 0 Å². The van der Waals surface area contributed by atoms with Gasteiger partial charge in [-0.25, -0.2) is 17.2 Å². The normalized spacial score (nSPS) is 16.5. The highest BCUT2D eigenvalue weighted by atomic mass is 32.2. The minimum atomic E-state index is -4.03. The Balaban J connectivity index is 1.78. The molecule has 1 fully saturated rings. The lowest BCUT2D eigenvalue weighted by Crippen LogP contribution is -2.48. The van der Waals surface area contributed by atoms with Crippen molar-refractivity contribution in [2.75, 3.05) is 31.1 Å². The monoisotopic (exact) mass is 338 g/mol. The molecule has 0 spiro atoms. The van der Waals surface area contributed by atoms with Crippen LogP contribution in [-0.4, -0.2) is 38.9 Å². The van der Waals surface area contributed by atoms with E-state index in [4.69, 9.17) is 0 Å². The quantitative estimate of drug-likeness (QED) is 0.863. The van der Waals surface area contributed by atoms with Crippen molar-refractivity contribution in [2.24, 2.45) is 0 Å². The lowest BCUT2D eigenvalue weighted by molar-refractivity contribution is 0.382. The third-order valence-electron chi connectivity index (χ3n) is 3.87. The summed E-state index contributed by atoms with van der Waals surface area (Å²) in [5.74, 6) is -1.70. The van der Waals surface area contributed by atoms with Crippen molar-refractivity contribution >= 4 is 15.7 Å². The Morgan fingerprint density at radius 2 is 1.52 bits per heavy atom. The van der Waals surface area contributed by atoms with Gasteiger partial charge in [0.25, 0.3) is 0 Å². The Bertz CT molecular complexity index is 789. The minimum Gasteiger partial charge on any atom is -0.369 e. The average molecular weight is 338 g/mol. The number of anilines is 1. The smallest absolute Gasteiger partial charge is 0.246 e. The van der Waals surface area contributed by atoms with Crippen LogP contribution in [0.3, 0.4) is 0 Å². The van der Waals surface area contributed by atoms with Gasteiger partial charge in [-0.3, -0.25) is 0 Å². The number of sulfonamides is 1. The van der Waals surface area contributed by atoms with Crippen molar-refractivity contribution < 1.29 is 17.2 Å². The number of benzene rings is 2. The van der Waals surface area contributed by atoms with E-state index in [1.54, 1.807) is 0 Å². The molecule has 4 nitrogen and oxygen atoms in total. The summed E-state index contributed by atoms with van der Waals surface area (Å²) in [4.78, 5) is 1.46. The maximum Gasteiger partial charge on any atom is 0.246 e. The zero-order valence-corrected chi connectivity index (χ0v) is 13.1. The molecule has 0 bridgehead atoms. The van der Waals surface area contributed by atoms with Crippen LogP contribution in [0.25, 0.3) is 0 Å². The van der Waals surface area contributed by atoms with Crippen LogP contribution >= 0.6 is 0 Å². The molecule has 1 saturated heterocycles. The van der Waals surface area contributed by atoms with Crippen LogP contribution < -0.4 is 4.90 Å². The highest BCUT2D eigenvalue weighted by molar-refractivity contribution is 7.89. The van der Waals surface area contributed by atoms with Gasteiger partial charge >= 0.3 is 0 Å². The number of halogens is 2. The molecule has 3 rings (SSSR count). The van der Waals surface area contributed by atoms with Crippen molar-refractivity contribution in [2.45, 2.75) is 4.90 Å². The lowest BCUT2D eigenvalue weighted by atomic mass is 10.2. The molecule has 0 aliphatic carbocycles. The molecule has 23 heavy (non-hydrogen) atoms. The van der Waals surface area contributed by atoms with Gasteiger partial charge in [0.05, 0.1) is 0 Å². The minimum absolute atomic E-state index is 0.229. The van der Waals surface area contributed by atoms with E-state index in [0.29, 0.717) is 13.1 Å². The summed E-state index contributed by atoms with van der Waals surface area (Å²) in [5, 5.41) is 0. The fourth-order valence-electron chi connectivity index (χ4n) is 2.64. The molecular weight excluding hydrogens is 322 g/mol. The van der Waals surface area contributed by atoms with Crippen molar-refractivity contribution in [1.29, 1.82) is 0 Å². The molecule has 1 heterocycles. The van der Waals surface area contributed by atoms with Crippen LogP contribution in [0.1, 0.15) is 0 Å². The summed E-state index contributed by atoms with van der Waals surface area (Å²) in [6.07, 6.45) is 0. The fourth-order valence-corrected chi connectivity index (χ4v) is 4.14. The number of piperazine rings is 1. The third kappa shape index (κ3) is 3.20. The molecule has 0 amide bonds. The SMILES string of the molecule is O=S(=O)(c1cc(F)ccc1F)N1CCN(c2ccccc2)CC1. The Labute approximate surface area is 134 Å². The molecule has 0 radical (unpaired) electrons. The van der Waals surface area contributed by atoms with Gasteiger partial charge in [0.15, 0.2) is 0 Å². The van der Waals surface area contributed by atoms with Gasteiger partial charge in [-0.1, -0.05) is 18.2 Å².